The van der Waals surface area contributed by atoms with E-state index < -0.39 is 18.5 Å². The summed E-state index contributed by atoms with van der Waals surface area (Å²) >= 11 is 3.39. The second-order valence-corrected chi connectivity index (χ2v) is 6.27. The summed E-state index contributed by atoms with van der Waals surface area (Å²) in [6.07, 6.45) is 0. The molecule has 0 radical (unpaired) electrons. The van der Waals surface area contributed by atoms with E-state index in [-0.39, 0.29) is 17.3 Å². The number of H-pyrrole nitrogens is 1. The number of fused-ring (bicyclic) bond motifs is 1. The van der Waals surface area contributed by atoms with Crippen LogP contribution < -0.4 is 15.2 Å². The van der Waals surface area contributed by atoms with Gasteiger partial charge < -0.3 is 20.3 Å². The van der Waals surface area contributed by atoms with Gasteiger partial charge in [0.25, 0.3) is 0 Å². The number of aromatic nitrogens is 2. The molecule has 1 aromatic heterocycles. The predicted molar refractivity (Wildman–Crippen MR) is 89.9 cm³/mol. The number of hydrogen-bond donors (Lipinski definition) is 3. The molecular formula is C16H13BrN4O4. The lowest BCUT2D eigenvalue weighted by Gasteiger charge is -2.25. The Morgan fingerprint density at radius 1 is 1.60 bits per heavy atom. The lowest BCUT2D eigenvalue weighted by molar-refractivity contribution is -0.139. The number of carbonyl (C=O) groups is 1. The lowest BCUT2D eigenvalue weighted by atomic mass is 9.83. The molecule has 1 aliphatic rings. The standard InChI is InChI=1S/C16H13BrN4O4/c1-7-13-14(10(5-18)15(19)25-16(13)21-20-7)9-4-8(17)2-3-11(9)24-6-12(22)23/h2-4,14H,6,19H2,1H3,(H,20,21)(H,22,23). The average Bonchev–Trinajstić information content (AvgIpc) is 2.92. The van der Waals surface area contributed by atoms with Gasteiger partial charge in [-0.3, -0.25) is 5.10 Å². The molecule has 0 spiro atoms. The number of aryl methyl sites for hydroxylation is 1. The van der Waals surface area contributed by atoms with Gasteiger partial charge in [-0.05, 0) is 25.1 Å². The van der Waals surface area contributed by atoms with E-state index in [1.807, 2.05) is 0 Å². The highest BCUT2D eigenvalue weighted by molar-refractivity contribution is 9.10. The molecular weight excluding hydrogens is 392 g/mol. The number of aromatic amines is 1. The summed E-state index contributed by atoms with van der Waals surface area (Å²) in [7, 11) is 0. The molecule has 1 atom stereocenters. The highest BCUT2D eigenvalue weighted by atomic mass is 79.9. The summed E-state index contributed by atoms with van der Waals surface area (Å²) in [6, 6.07) is 7.19. The maximum absolute atomic E-state index is 10.9. The van der Waals surface area contributed by atoms with Crippen LogP contribution in [0.2, 0.25) is 0 Å². The Hall–Kier alpha value is -2.99. The minimum Gasteiger partial charge on any atom is -0.482 e. The van der Waals surface area contributed by atoms with Crippen LogP contribution in [0.5, 0.6) is 11.6 Å². The quantitative estimate of drug-likeness (QED) is 0.710. The number of ether oxygens (including phenoxy) is 2. The van der Waals surface area contributed by atoms with Crippen molar-refractivity contribution in [3.8, 4) is 17.7 Å². The highest BCUT2D eigenvalue weighted by Gasteiger charge is 2.36. The van der Waals surface area contributed by atoms with Gasteiger partial charge in [-0.15, -0.1) is 5.10 Å². The topological polar surface area (TPSA) is 134 Å². The SMILES string of the molecule is Cc1[nH]nc2c1C(c1cc(Br)ccc1OCC(=O)O)C(C#N)=C(N)O2. The molecule has 1 unspecified atom stereocenters. The van der Waals surface area contributed by atoms with Gasteiger partial charge in [0.1, 0.15) is 17.4 Å². The largest absolute Gasteiger partial charge is 0.482 e. The number of nitrogens with two attached hydrogens (primary N) is 1. The van der Waals surface area contributed by atoms with Crippen LogP contribution >= 0.6 is 15.9 Å². The molecule has 2 heterocycles. The van der Waals surface area contributed by atoms with E-state index in [0.29, 0.717) is 22.6 Å². The van der Waals surface area contributed by atoms with Crippen LogP contribution in [0.15, 0.2) is 34.1 Å². The van der Waals surface area contributed by atoms with Crippen molar-refractivity contribution in [3.05, 3.63) is 50.9 Å². The van der Waals surface area contributed by atoms with E-state index in [1.165, 1.54) is 0 Å². The Morgan fingerprint density at radius 2 is 2.36 bits per heavy atom. The number of nitrogens with zero attached hydrogens (tertiary/aromatic N) is 2. The number of halogens is 1. The van der Waals surface area contributed by atoms with Gasteiger partial charge >= 0.3 is 5.97 Å². The van der Waals surface area contributed by atoms with E-state index in [4.69, 9.17) is 20.3 Å². The van der Waals surface area contributed by atoms with Crippen molar-refractivity contribution in [1.82, 2.24) is 10.2 Å². The van der Waals surface area contributed by atoms with E-state index in [9.17, 15) is 10.1 Å². The number of nitriles is 1. The first kappa shape index (κ1) is 16.9. The summed E-state index contributed by atoms with van der Waals surface area (Å²) in [6.45, 7) is 1.30. The lowest BCUT2D eigenvalue weighted by Crippen LogP contribution is -2.22. The average molecular weight is 405 g/mol. The Kier molecular flexibility index (Phi) is 4.37. The first-order valence-electron chi connectivity index (χ1n) is 7.18. The van der Waals surface area contributed by atoms with Crippen LogP contribution in [0.3, 0.4) is 0 Å². The van der Waals surface area contributed by atoms with Crippen molar-refractivity contribution in [2.75, 3.05) is 6.61 Å². The summed E-state index contributed by atoms with van der Waals surface area (Å²) in [5.41, 5.74) is 8.05. The molecule has 1 aliphatic heterocycles. The predicted octanol–water partition coefficient (Wildman–Crippen LogP) is 2.16. The molecule has 0 bridgehead atoms. The van der Waals surface area contributed by atoms with E-state index >= 15 is 0 Å². The van der Waals surface area contributed by atoms with Gasteiger partial charge in [0, 0.05) is 21.3 Å². The molecule has 0 aliphatic carbocycles. The highest BCUT2D eigenvalue weighted by Crippen LogP contribution is 2.45. The molecule has 25 heavy (non-hydrogen) atoms. The minimum absolute atomic E-state index is 0.0457. The Morgan fingerprint density at radius 3 is 3.04 bits per heavy atom. The number of nitrogens with one attached hydrogen (secondary N) is 1. The molecule has 8 nitrogen and oxygen atoms in total. The van der Waals surface area contributed by atoms with E-state index in [0.717, 1.165) is 4.47 Å². The third-order valence-corrected chi connectivity index (χ3v) is 4.26. The van der Waals surface area contributed by atoms with Crippen molar-refractivity contribution >= 4 is 21.9 Å². The van der Waals surface area contributed by atoms with Crippen LogP contribution in [-0.2, 0) is 4.79 Å². The smallest absolute Gasteiger partial charge is 0.341 e. The number of hydrogen-bond acceptors (Lipinski definition) is 6. The second-order valence-electron chi connectivity index (χ2n) is 5.36. The van der Waals surface area contributed by atoms with E-state index in [2.05, 4.69) is 32.2 Å². The van der Waals surface area contributed by atoms with Crippen LogP contribution in [0.25, 0.3) is 0 Å². The molecule has 0 saturated carbocycles. The van der Waals surface area contributed by atoms with Gasteiger partial charge in [-0.2, -0.15) is 5.26 Å². The Labute approximate surface area is 151 Å². The zero-order valence-corrected chi connectivity index (χ0v) is 14.6. The minimum atomic E-state index is -1.10. The summed E-state index contributed by atoms with van der Waals surface area (Å²) < 4.78 is 11.6. The number of benzene rings is 1. The first-order chi connectivity index (χ1) is 11.9. The number of rotatable bonds is 4. The fourth-order valence-corrected chi connectivity index (χ4v) is 3.10. The van der Waals surface area contributed by atoms with Crippen molar-refractivity contribution in [1.29, 1.82) is 5.26 Å². The van der Waals surface area contributed by atoms with Crippen LogP contribution in [0.1, 0.15) is 22.7 Å². The van der Waals surface area contributed by atoms with Gasteiger partial charge in [0.05, 0.1) is 5.92 Å². The molecule has 1 aromatic carbocycles. The molecule has 4 N–H and O–H groups in total. The monoisotopic (exact) mass is 404 g/mol. The molecule has 0 fully saturated rings. The summed E-state index contributed by atoms with van der Waals surface area (Å²) in [5.74, 6) is -1.12. The Balaban J connectivity index is 2.20. The summed E-state index contributed by atoms with van der Waals surface area (Å²) in [4.78, 5) is 10.9. The Bertz CT molecular complexity index is 929. The van der Waals surface area contributed by atoms with Crippen molar-refractivity contribution in [3.63, 3.8) is 0 Å². The fourth-order valence-electron chi connectivity index (χ4n) is 2.73. The number of carboxylic acids is 1. The number of aliphatic carboxylic acids is 1. The third-order valence-electron chi connectivity index (χ3n) is 3.76. The molecule has 128 valence electrons. The van der Waals surface area contributed by atoms with Crippen molar-refractivity contribution in [2.24, 2.45) is 5.73 Å². The maximum Gasteiger partial charge on any atom is 0.341 e. The molecule has 0 saturated heterocycles. The zero-order chi connectivity index (χ0) is 18.1. The molecule has 9 heteroatoms. The summed E-state index contributed by atoms with van der Waals surface area (Å²) in [5, 5.41) is 25.3. The molecule has 2 aromatic rings. The maximum atomic E-state index is 10.9. The number of carboxylic acid groups (broad SMARTS) is 1. The van der Waals surface area contributed by atoms with Crippen LogP contribution in [0, 0.1) is 18.3 Å². The number of allylic oxidation sites excluding steroid dienone is 1. The normalized spacial score (nSPS) is 16.0. The van der Waals surface area contributed by atoms with Gasteiger partial charge in [-0.25, -0.2) is 4.79 Å². The zero-order valence-electron chi connectivity index (χ0n) is 13.0. The van der Waals surface area contributed by atoms with Crippen molar-refractivity contribution < 1.29 is 19.4 Å². The molecule has 0 amide bonds. The third kappa shape index (κ3) is 3.04. The first-order valence-corrected chi connectivity index (χ1v) is 7.98. The second kappa shape index (κ2) is 6.49. The van der Waals surface area contributed by atoms with E-state index in [1.54, 1.807) is 25.1 Å². The van der Waals surface area contributed by atoms with Gasteiger partial charge in [0.15, 0.2) is 6.61 Å². The van der Waals surface area contributed by atoms with Crippen LogP contribution in [-0.4, -0.2) is 27.9 Å². The van der Waals surface area contributed by atoms with Gasteiger partial charge in [-0.1, -0.05) is 15.9 Å². The van der Waals surface area contributed by atoms with Crippen LogP contribution in [0.4, 0.5) is 0 Å². The van der Waals surface area contributed by atoms with Crippen molar-refractivity contribution in [2.45, 2.75) is 12.8 Å². The van der Waals surface area contributed by atoms with Gasteiger partial charge in [0.2, 0.25) is 11.8 Å². The fraction of sp³-hybridized carbons (Fsp3) is 0.188. The molecule has 3 rings (SSSR count).